The summed E-state index contributed by atoms with van der Waals surface area (Å²) >= 11 is 4.32. The molecule has 0 unspecified atom stereocenters. The summed E-state index contributed by atoms with van der Waals surface area (Å²) in [6.45, 7) is 0. The number of thiol groups is 1. The molecule has 0 spiro atoms. The second kappa shape index (κ2) is 13.7. The highest BCUT2D eigenvalue weighted by Gasteiger charge is 2.28. The Labute approximate surface area is 312 Å². The van der Waals surface area contributed by atoms with E-state index in [0.717, 1.165) is 72.2 Å². The lowest BCUT2D eigenvalue weighted by atomic mass is 9.82. The van der Waals surface area contributed by atoms with E-state index in [9.17, 15) is 5.41 Å². The van der Waals surface area contributed by atoms with Crippen LogP contribution in [-0.2, 0) is 0 Å². The zero-order valence-electron chi connectivity index (χ0n) is 28.3. The molecule has 1 aliphatic rings. The van der Waals surface area contributed by atoms with E-state index in [4.69, 9.17) is 19.9 Å². The van der Waals surface area contributed by atoms with Gasteiger partial charge in [-0.25, -0.2) is 24.3 Å². The summed E-state index contributed by atoms with van der Waals surface area (Å²) in [5, 5.41) is 10.3. The summed E-state index contributed by atoms with van der Waals surface area (Å²) in [7, 11) is 0. The number of hydrogen-bond acceptors (Lipinski definition) is 7. The van der Waals surface area contributed by atoms with Crippen LogP contribution in [0.2, 0.25) is 0 Å². The predicted octanol–water partition coefficient (Wildman–Crippen LogP) is 11.0. The molecule has 2 heterocycles. The van der Waals surface area contributed by atoms with Crippen LogP contribution in [-0.4, -0.2) is 31.4 Å². The van der Waals surface area contributed by atoms with Crippen LogP contribution in [0.3, 0.4) is 0 Å². The number of nitrogens with one attached hydrogen (secondary N) is 1. The van der Waals surface area contributed by atoms with Gasteiger partial charge in [-0.15, -0.1) is 0 Å². The largest absolute Gasteiger partial charge is 0.298 e. The van der Waals surface area contributed by atoms with Gasteiger partial charge in [-0.05, 0) is 47.7 Å². The minimum absolute atomic E-state index is 0.326. The van der Waals surface area contributed by atoms with Gasteiger partial charge in [0.25, 0.3) is 0 Å². The van der Waals surface area contributed by atoms with Gasteiger partial charge in [-0.1, -0.05) is 152 Å². The Kier molecular flexibility index (Phi) is 8.31. The molecule has 9 rings (SSSR count). The number of allylic oxidation sites excluding steroid dienone is 1. The second-order valence-electron chi connectivity index (χ2n) is 12.7. The molecular weight excluding hydrogens is 669 g/mol. The minimum atomic E-state index is 0.326. The highest BCUT2D eigenvalue weighted by molar-refractivity contribution is 7.79. The van der Waals surface area contributed by atoms with E-state index in [1.165, 1.54) is 0 Å². The number of fused-ring (bicyclic) bond motifs is 3. The lowest BCUT2D eigenvalue weighted by Gasteiger charge is -2.23. The number of hydrogen-bond donors (Lipinski definition) is 2. The molecule has 0 bridgehead atoms. The molecule has 0 atom stereocenters. The molecule has 0 aliphatic heterocycles. The summed E-state index contributed by atoms with van der Waals surface area (Å²) in [4.78, 5) is 19.8. The van der Waals surface area contributed by atoms with Crippen molar-refractivity contribution >= 4 is 46.8 Å². The van der Waals surface area contributed by atoms with Crippen LogP contribution in [0.25, 0.3) is 79.1 Å². The third-order valence-corrected chi connectivity index (χ3v) is 9.66. The number of rotatable bonds is 6. The molecule has 0 saturated heterocycles. The van der Waals surface area contributed by atoms with Crippen molar-refractivity contribution < 1.29 is 0 Å². The van der Waals surface area contributed by atoms with Gasteiger partial charge in [-0.2, -0.15) is 0 Å². The second-order valence-corrected chi connectivity index (χ2v) is 12.9. The molecule has 0 fully saturated rings. The summed E-state index contributed by atoms with van der Waals surface area (Å²) in [6, 6.07) is 54.7. The molecular formula is C46H30N6S. The highest BCUT2D eigenvalue weighted by atomic mass is 32.1. The first-order valence-electron chi connectivity index (χ1n) is 17.2. The molecule has 53 heavy (non-hydrogen) atoms. The summed E-state index contributed by atoms with van der Waals surface area (Å²) < 4.78 is 4.30. The molecule has 1 N–H and O–H groups in total. The van der Waals surface area contributed by atoms with E-state index in [1.807, 2.05) is 115 Å². The molecule has 1 aliphatic carbocycles. The normalized spacial score (nSPS) is 13.2. The minimum Gasteiger partial charge on any atom is -0.298 e. The van der Waals surface area contributed by atoms with E-state index in [0.29, 0.717) is 28.9 Å². The van der Waals surface area contributed by atoms with Crippen LogP contribution in [0, 0.1) is 5.41 Å². The average Bonchev–Trinajstić information content (AvgIpc) is 3.24. The Bertz CT molecular complexity index is 2670. The zero-order chi connectivity index (χ0) is 35.7. The van der Waals surface area contributed by atoms with Crippen LogP contribution in [0.1, 0.15) is 16.7 Å². The maximum atomic E-state index is 9.38. The van der Waals surface area contributed by atoms with Crippen LogP contribution >= 0.6 is 12.8 Å². The zero-order valence-corrected chi connectivity index (χ0v) is 29.2. The fourth-order valence-electron chi connectivity index (χ4n) is 6.86. The number of benzene rings is 6. The number of nitrogens with zero attached hydrogens (tertiary/aromatic N) is 5. The van der Waals surface area contributed by atoms with Crippen LogP contribution < -0.4 is 0 Å². The average molecular weight is 699 g/mol. The van der Waals surface area contributed by atoms with Gasteiger partial charge in [0, 0.05) is 44.3 Å². The van der Waals surface area contributed by atoms with Gasteiger partial charge in [0.2, 0.25) is 0 Å². The Morgan fingerprint density at radius 3 is 1.55 bits per heavy atom. The van der Waals surface area contributed by atoms with Crippen molar-refractivity contribution in [2.75, 3.05) is 0 Å². The van der Waals surface area contributed by atoms with Crippen molar-refractivity contribution in [2.24, 2.45) is 4.40 Å². The Balaban J connectivity index is 1.13. The standard InChI is InChI=1S/C46H30N6S/c47-41-40-36-21-10-11-22-39(36)48-42(38(40)28-37(43(41)52-53)30-13-4-1-5-14-30)35-20-12-19-34(27-35)29-23-25-33(26-24-29)46-50-44(31-15-6-2-7-16-31)49-45(51-46)32-17-8-3-9-18-32/h1-28,47,53H. The molecule has 0 saturated carbocycles. The van der Waals surface area contributed by atoms with Crippen molar-refractivity contribution in [3.63, 3.8) is 0 Å². The smallest absolute Gasteiger partial charge is 0.164 e. The van der Waals surface area contributed by atoms with Crippen molar-refractivity contribution in [3.05, 3.63) is 180 Å². The molecule has 7 heteroatoms. The van der Waals surface area contributed by atoms with Gasteiger partial charge in [0.15, 0.2) is 17.5 Å². The predicted molar refractivity (Wildman–Crippen MR) is 220 cm³/mol. The maximum Gasteiger partial charge on any atom is 0.164 e. The van der Waals surface area contributed by atoms with E-state index in [2.05, 4.69) is 71.8 Å². The third kappa shape index (κ3) is 6.03. The quantitative estimate of drug-likeness (QED) is 0.169. The Morgan fingerprint density at radius 2 is 0.943 bits per heavy atom. The first-order valence-corrected chi connectivity index (χ1v) is 17.6. The fraction of sp³-hybridized carbons (Fsp3) is 0. The van der Waals surface area contributed by atoms with Crippen molar-refractivity contribution in [3.8, 4) is 56.5 Å². The molecule has 2 aromatic heterocycles. The van der Waals surface area contributed by atoms with E-state index >= 15 is 0 Å². The van der Waals surface area contributed by atoms with Crippen LogP contribution in [0.15, 0.2) is 168 Å². The molecule has 8 aromatic rings. The summed E-state index contributed by atoms with van der Waals surface area (Å²) in [5.74, 6) is 1.86. The lowest BCUT2D eigenvalue weighted by molar-refractivity contribution is 1.07. The highest BCUT2D eigenvalue weighted by Crippen LogP contribution is 2.39. The van der Waals surface area contributed by atoms with Gasteiger partial charge in [0.1, 0.15) is 5.71 Å². The summed E-state index contributed by atoms with van der Waals surface area (Å²) in [5.41, 5.74) is 11.8. The lowest BCUT2D eigenvalue weighted by Crippen LogP contribution is -2.22. The first kappa shape index (κ1) is 32.1. The SMILES string of the molecule is N=C1C(=NS)C(c2ccccc2)=Cc2c(-c3cccc(-c4ccc(-c5nc(-c6ccccc6)nc(-c6ccccc6)n5)cc4)c3)nc3ccccc3c21. The Hall–Kier alpha value is -6.83. The van der Waals surface area contributed by atoms with E-state index < -0.39 is 0 Å². The van der Waals surface area contributed by atoms with Crippen LogP contribution in [0.5, 0.6) is 0 Å². The van der Waals surface area contributed by atoms with Gasteiger partial charge in [0.05, 0.1) is 16.9 Å². The van der Waals surface area contributed by atoms with E-state index in [1.54, 1.807) is 0 Å². The molecule has 6 aromatic carbocycles. The number of para-hydroxylation sites is 1. The van der Waals surface area contributed by atoms with Crippen molar-refractivity contribution in [1.29, 1.82) is 5.41 Å². The monoisotopic (exact) mass is 698 g/mol. The summed E-state index contributed by atoms with van der Waals surface area (Å²) in [6.07, 6.45) is 2.11. The fourth-order valence-corrected chi connectivity index (χ4v) is 7.07. The van der Waals surface area contributed by atoms with Gasteiger partial charge < -0.3 is 0 Å². The number of aromatic nitrogens is 4. The topological polar surface area (TPSA) is 87.8 Å². The first-order chi connectivity index (χ1) is 26.1. The maximum absolute atomic E-state index is 9.38. The third-order valence-electron chi connectivity index (χ3n) is 9.46. The van der Waals surface area contributed by atoms with Crippen molar-refractivity contribution in [1.82, 2.24) is 19.9 Å². The molecule has 250 valence electrons. The molecule has 0 radical (unpaired) electrons. The van der Waals surface area contributed by atoms with Crippen LogP contribution in [0.4, 0.5) is 0 Å². The van der Waals surface area contributed by atoms with E-state index in [-0.39, 0.29) is 0 Å². The molecule has 6 nitrogen and oxygen atoms in total. The Morgan fingerprint density at radius 1 is 0.453 bits per heavy atom. The number of pyridine rings is 1. The van der Waals surface area contributed by atoms with Crippen molar-refractivity contribution in [2.45, 2.75) is 0 Å². The van der Waals surface area contributed by atoms with Gasteiger partial charge >= 0.3 is 0 Å². The molecule has 0 amide bonds. The van der Waals surface area contributed by atoms with Gasteiger partial charge in [-0.3, -0.25) is 5.41 Å².